The first-order valence-corrected chi connectivity index (χ1v) is 12.2. The van der Waals surface area contributed by atoms with Crippen molar-refractivity contribution in [2.75, 3.05) is 19.6 Å². The molecule has 0 bridgehead atoms. The molecule has 1 N–H and O–H groups in total. The van der Waals surface area contributed by atoms with E-state index in [4.69, 9.17) is 0 Å². The predicted octanol–water partition coefficient (Wildman–Crippen LogP) is 5.03. The van der Waals surface area contributed by atoms with E-state index in [9.17, 15) is 4.79 Å². The maximum atomic E-state index is 13.1. The third-order valence-electron chi connectivity index (χ3n) is 6.75. The number of aromatic nitrogens is 2. The van der Waals surface area contributed by atoms with Crippen LogP contribution in [0.4, 0.5) is 0 Å². The lowest BCUT2D eigenvalue weighted by atomic mass is 9.88. The van der Waals surface area contributed by atoms with E-state index in [-0.39, 0.29) is 11.9 Å². The van der Waals surface area contributed by atoms with E-state index in [0.717, 1.165) is 53.4 Å². The van der Waals surface area contributed by atoms with Crippen LogP contribution in [0.1, 0.15) is 66.7 Å². The summed E-state index contributed by atoms with van der Waals surface area (Å²) in [6.07, 6.45) is 9.11. The van der Waals surface area contributed by atoms with E-state index in [0.29, 0.717) is 5.56 Å². The standard InChI is InChI=1S/C24H33BrN4O/c1-17-23(18(2)29(27-17)22-10-8-20(25)9-11-22)24(30)26-21-12-14-28(15-13-21)16-19-6-4-3-5-7-19/h8-11,19,21H,3-7,12-16H2,1-2H3,(H,26,30). The van der Waals surface area contributed by atoms with Crippen molar-refractivity contribution in [1.82, 2.24) is 20.0 Å². The summed E-state index contributed by atoms with van der Waals surface area (Å²) >= 11 is 3.47. The molecule has 1 aliphatic carbocycles. The van der Waals surface area contributed by atoms with Crippen LogP contribution in [0.3, 0.4) is 0 Å². The van der Waals surface area contributed by atoms with E-state index >= 15 is 0 Å². The molecular formula is C24H33BrN4O. The van der Waals surface area contributed by atoms with Gasteiger partial charge in [0.15, 0.2) is 0 Å². The molecule has 6 heteroatoms. The van der Waals surface area contributed by atoms with Gasteiger partial charge in [0, 0.05) is 30.1 Å². The highest BCUT2D eigenvalue weighted by Crippen LogP contribution is 2.26. The molecule has 4 rings (SSSR count). The molecule has 1 aromatic carbocycles. The second-order valence-electron chi connectivity index (χ2n) is 8.99. The fourth-order valence-corrected chi connectivity index (χ4v) is 5.32. The fourth-order valence-electron chi connectivity index (χ4n) is 5.06. The number of likely N-dealkylation sites (tertiary alicyclic amines) is 1. The minimum absolute atomic E-state index is 0.0130. The van der Waals surface area contributed by atoms with Gasteiger partial charge >= 0.3 is 0 Å². The highest BCUT2D eigenvalue weighted by molar-refractivity contribution is 9.10. The number of nitrogens with one attached hydrogen (secondary N) is 1. The van der Waals surface area contributed by atoms with Gasteiger partial charge in [-0.3, -0.25) is 4.79 Å². The van der Waals surface area contributed by atoms with Gasteiger partial charge in [0.2, 0.25) is 0 Å². The van der Waals surface area contributed by atoms with Crippen LogP contribution in [0.2, 0.25) is 0 Å². The van der Waals surface area contributed by atoms with Crippen LogP contribution in [-0.4, -0.2) is 46.3 Å². The van der Waals surface area contributed by atoms with Gasteiger partial charge in [-0.15, -0.1) is 0 Å². The van der Waals surface area contributed by atoms with E-state index < -0.39 is 0 Å². The monoisotopic (exact) mass is 472 g/mol. The van der Waals surface area contributed by atoms with Crippen LogP contribution in [0, 0.1) is 19.8 Å². The molecule has 0 radical (unpaired) electrons. The SMILES string of the molecule is Cc1nn(-c2ccc(Br)cc2)c(C)c1C(=O)NC1CCN(CC2CCCCC2)CC1. The van der Waals surface area contributed by atoms with Crippen molar-refractivity contribution in [3.05, 3.63) is 45.7 Å². The molecule has 2 aliphatic rings. The predicted molar refractivity (Wildman–Crippen MR) is 124 cm³/mol. The van der Waals surface area contributed by atoms with Gasteiger partial charge in [-0.05, 0) is 69.7 Å². The summed E-state index contributed by atoms with van der Waals surface area (Å²) in [5.41, 5.74) is 3.35. The Balaban J connectivity index is 1.35. The Kier molecular flexibility index (Phi) is 6.94. The zero-order valence-corrected chi connectivity index (χ0v) is 19.7. The Hall–Kier alpha value is -1.66. The normalized spacial score (nSPS) is 19.2. The lowest BCUT2D eigenvalue weighted by Gasteiger charge is -2.35. The number of carbonyl (C=O) groups excluding carboxylic acids is 1. The molecule has 162 valence electrons. The maximum Gasteiger partial charge on any atom is 0.255 e. The summed E-state index contributed by atoms with van der Waals surface area (Å²) in [4.78, 5) is 15.7. The number of benzene rings is 1. The van der Waals surface area contributed by atoms with Gasteiger partial charge in [0.05, 0.1) is 22.6 Å². The number of amides is 1. The number of hydrogen-bond acceptors (Lipinski definition) is 3. The molecule has 2 aromatic rings. The average molecular weight is 473 g/mol. The molecule has 1 aliphatic heterocycles. The minimum Gasteiger partial charge on any atom is -0.349 e. The van der Waals surface area contributed by atoms with Crippen LogP contribution >= 0.6 is 15.9 Å². The van der Waals surface area contributed by atoms with Crippen LogP contribution in [-0.2, 0) is 0 Å². The Morgan fingerprint density at radius 1 is 1.07 bits per heavy atom. The summed E-state index contributed by atoms with van der Waals surface area (Å²) in [5.74, 6) is 0.902. The zero-order valence-electron chi connectivity index (χ0n) is 18.2. The molecule has 1 saturated heterocycles. The molecule has 0 atom stereocenters. The van der Waals surface area contributed by atoms with E-state index in [2.05, 4.69) is 31.2 Å². The fraction of sp³-hybridized carbons (Fsp3) is 0.583. The lowest BCUT2D eigenvalue weighted by molar-refractivity contribution is 0.0900. The van der Waals surface area contributed by atoms with Gasteiger partial charge < -0.3 is 10.2 Å². The number of halogens is 1. The Morgan fingerprint density at radius 3 is 2.40 bits per heavy atom. The second-order valence-corrected chi connectivity index (χ2v) is 9.90. The quantitative estimate of drug-likeness (QED) is 0.663. The number of piperidine rings is 1. The summed E-state index contributed by atoms with van der Waals surface area (Å²) < 4.78 is 2.89. The molecular weight excluding hydrogens is 440 g/mol. The molecule has 1 saturated carbocycles. The average Bonchev–Trinajstić information content (AvgIpc) is 3.05. The largest absolute Gasteiger partial charge is 0.349 e. The highest BCUT2D eigenvalue weighted by atomic mass is 79.9. The maximum absolute atomic E-state index is 13.1. The van der Waals surface area contributed by atoms with Crippen molar-refractivity contribution in [3.8, 4) is 5.69 Å². The van der Waals surface area contributed by atoms with E-state index in [1.807, 2.05) is 42.8 Å². The van der Waals surface area contributed by atoms with Crippen molar-refractivity contribution in [1.29, 1.82) is 0 Å². The Labute approximate surface area is 188 Å². The molecule has 2 heterocycles. The summed E-state index contributed by atoms with van der Waals surface area (Å²) in [5, 5.41) is 7.92. The first-order chi connectivity index (χ1) is 14.5. The van der Waals surface area contributed by atoms with Gasteiger partial charge in [-0.25, -0.2) is 4.68 Å². The van der Waals surface area contributed by atoms with Gasteiger partial charge in [-0.1, -0.05) is 35.2 Å². The van der Waals surface area contributed by atoms with Crippen molar-refractivity contribution in [2.45, 2.75) is 64.8 Å². The number of rotatable bonds is 5. The molecule has 0 spiro atoms. The van der Waals surface area contributed by atoms with Gasteiger partial charge in [0.1, 0.15) is 0 Å². The number of hydrogen-bond donors (Lipinski definition) is 1. The summed E-state index contributed by atoms with van der Waals surface area (Å²) in [6, 6.07) is 8.26. The second kappa shape index (κ2) is 9.65. The third kappa shape index (κ3) is 4.97. The smallest absolute Gasteiger partial charge is 0.255 e. The van der Waals surface area contributed by atoms with Crippen LogP contribution in [0.25, 0.3) is 5.69 Å². The van der Waals surface area contributed by atoms with Crippen LogP contribution in [0.15, 0.2) is 28.7 Å². The van der Waals surface area contributed by atoms with Crippen molar-refractivity contribution < 1.29 is 4.79 Å². The van der Waals surface area contributed by atoms with Gasteiger partial charge in [0.25, 0.3) is 5.91 Å². The van der Waals surface area contributed by atoms with Crippen molar-refractivity contribution in [2.24, 2.45) is 5.92 Å². The Morgan fingerprint density at radius 2 is 1.73 bits per heavy atom. The lowest BCUT2D eigenvalue weighted by Crippen LogP contribution is -2.46. The number of carbonyl (C=O) groups is 1. The molecule has 2 fully saturated rings. The third-order valence-corrected chi connectivity index (χ3v) is 7.28. The molecule has 1 aromatic heterocycles. The number of nitrogens with zero attached hydrogens (tertiary/aromatic N) is 3. The van der Waals surface area contributed by atoms with E-state index in [1.165, 1.54) is 38.6 Å². The first-order valence-electron chi connectivity index (χ1n) is 11.4. The molecule has 0 unspecified atom stereocenters. The number of aryl methyl sites for hydroxylation is 1. The Bertz CT molecular complexity index is 862. The van der Waals surface area contributed by atoms with Crippen molar-refractivity contribution in [3.63, 3.8) is 0 Å². The molecule has 30 heavy (non-hydrogen) atoms. The molecule has 5 nitrogen and oxygen atoms in total. The molecule has 1 amide bonds. The summed E-state index contributed by atoms with van der Waals surface area (Å²) in [6.45, 7) is 7.34. The zero-order chi connectivity index (χ0) is 21.1. The highest BCUT2D eigenvalue weighted by Gasteiger charge is 2.26. The van der Waals surface area contributed by atoms with Crippen LogP contribution in [0.5, 0.6) is 0 Å². The topological polar surface area (TPSA) is 50.2 Å². The first kappa shape index (κ1) is 21.6. The summed E-state index contributed by atoms with van der Waals surface area (Å²) in [7, 11) is 0. The van der Waals surface area contributed by atoms with E-state index in [1.54, 1.807) is 0 Å². The van der Waals surface area contributed by atoms with Gasteiger partial charge in [-0.2, -0.15) is 5.10 Å². The van der Waals surface area contributed by atoms with Crippen molar-refractivity contribution >= 4 is 21.8 Å². The minimum atomic E-state index is 0.0130. The van der Waals surface area contributed by atoms with Crippen LogP contribution < -0.4 is 5.32 Å².